The lowest BCUT2D eigenvalue weighted by Gasteiger charge is -2.05. The number of rotatable bonds is 3. The summed E-state index contributed by atoms with van der Waals surface area (Å²) in [5.74, 6) is -0.108. The fourth-order valence-corrected chi connectivity index (χ4v) is 1.00. The van der Waals surface area contributed by atoms with Crippen LogP contribution in [0.3, 0.4) is 0 Å². The molecule has 0 saturated carbocycles. The third-order valence-corrected chi connectivity index (χ3v) is 1.76. The van der Waals surface area contributed by atoms with Gasteiger partial charge in [0.15, 0.2) is 5.69 Å². The average molecular weight is 194 g/mol. The Kier molecular flexibility index (Phi) is 3.56. The molecule has 0 bridgehead atoms. The lowest BCUT2D eigenvalue weighted by molar-refractivity contribution is 0.0519. The van der Waals surface area contributed by atoms with Gasteiger partial charge in [0, 0.05) is 5.69 Å². The molecular weight excluding hydrogens is 180 g/mol. The summed E-state index contributed by atoms with van der Waals surface area (Å²) in [4.78, 5) is 19.2. The lowest BCUT2D eigenvalue weighted by Crippen LogP contribution is -2.08. The minimum Gasteiger partial charge on any atom is -0.461 e. The molecule has 0 atom stereocenters. The highest BCUT2D eigenvalue weighted by Crippen LogP contribution is 2.11. The highest BCUT2D eigenvalue weighted by molar-refractivity contribution is 5.87. The molecule has 0 aliphatic heterocycles. The van der Waals surface area contributed by atoms with E-state index < -0.39 is 5.97 Å². The summed E-state index contributed by atoms with van der Waals surface area (Å²) < 4.78 is 4.83. The molecule has 1 aromatic heterocycles. The first-order chi connectivity index (χ1) is 6.65. The van der Waals surface area contributed by atoms with E-state index in [0.29, 0.717) is 12.3 Å². The zero-order valence-corrected chi connectivity index (χ0v) is 8.65. The largest absolute Gasteiger partial charge is 0.461 e. The summed E-state index contributed by atoms with van der Waals surface area (Å²) in [7, 11) is 0. The number of ether oxygens (including phenoxy) is 1. The quantitative estimate of drug-likeness (QED) is 0.688. The molecular formula is C10H14N2O2. The third-order valence-electron chi connectivity index (χ3n) is 1.76. The molecule has 0 aliphatic carbocycles. The van der Waals surface area contributed by atoms with Crippen LogP contribution in [0, 0.1) is 0 Å². The summed E-state index contributed by atoms with van der Waals surface area (Å²) in [5, 5.41) is 0. The van der Waals surface area contributed by atoms with Gasteiger partial charge < -0.3 is 4.74 Å². The van der Waals surface area contributed by atoms with Crippen LogP contribution in [0.25, 0.3) is 0 Å². The summed E-state index contributed by atoms with van der Waals surface area (Å²) in [5.41, 5.74) is 1.17. The van der Waals surface area contributed by atoms with E-state index in [0.717, 1.165) is 5.69 Å². The maximum absolute atomic E-state index is 11.3. The van der Waals surface area contributed by atoms with E-state index in [1.165, 1.54) is 6.33 Å². The summed E-state index contributed by atoms with van der Waals surface area (Å²) in [6.07, 6.45) is 1.39. The highest BCUT2D eigenvalue weighted by atomic mass is 16.5. The Morgan fingerprint density at radius 3 is 2.79 bits per heavy atom. The van der Waals surface area contributed by atoms with Gasteiger partial charge in [-0.05, 0) is 18.9 Å². The Balaban J connectivity index is 2.88. The minimum atomic E-state index is -0.392. The molecule has 76 valence electrons. The summed E-state index contributed by atoms with van der Waals surface area (Å²) in [6, 6.07) is 1.67. The topological polar surface area (TPSA) is 52.1 Å². The van der Waals surface area contributed by atoms with Crippen molar-refractivity contribution in [2.75, 3.05) is 6.61 Å². The average Bonchev–Trinajstić information content (AvgIpc) is 2.18. The van der Waals surface area contributed by atoms with Crippen molar-refractivity contribution in [1.29, 1.82) is 0 Å². The first kappa shape index (κ1) is 10.6. The number of nitrogens with zero attached hydrogens (tertiary/aromatic N) is 2. The van der Waals surface area contributed by atoms with E-state index in [9.17, 15) is 4.79 Å². The van der Waals surface area contributed by atoms with Gasteiger partial charge in [0.25, 0.3) is 0 Å². The molecule has 0 aromatic carbocycles. The van der Waals surface area contributed by atoms with Crippen molar-refractivity contribution < 1.29 is 9.53 Å². The molecule has 14 heavy (non-hydrogen) atoms. The van der Waals surface area contributed by atoms with Crippen LogP contribution in [0.2, 0.25) is 0 Å². The molecule has 0 saturated heterocycles. The van der Waals surface area contributed by atoms with Crippen LogP contribution in [-0.4, -0.2) is 22.5 Å². The zero-order valence-electron chi connectivity index (χ0n) is 8.65. The van der Waals surface area contributed by atoms with Gasteiger partial charge in [0.05, 0.1) is 6.61 Å². The maximum Gasteiger partial charge on any atom is 0.357 e. The van der Waals surface area contributed by atoms with Gasteiger partial charge in [-0.25, -0.2) is 14.8 Å². The molecule has 0 radical (unpaired) electrons. The standard InChI is InChI=1S/C10H14N2O2/c1-4-14-10(13)9-5-8(7(2)3)11-6-12-9/h5-7H,4H2,1-3H3. The van der Waals surface area contributed by atoms with Crippen molar-refractivity contribution in [2.24, 2.45) is 0 Å². The number of carbonyl (C=O) groups excluding carboxylic acids is 1. The number of hydrogen-bond acceptors (Lipinski definition) is 4. The van der Waals surface area contributed by atoms with E-state index in [2.05, 4.69) is 9.97 Å². The number of esters is 1. The third kappa shape index (κ3) is 2.52. The van der Waals surface area contributed by atoms with E-state index in [1.807, 2.05) is 13.8 Å². The second-order valence-electron chi connectivity index (χ2n) is 3.20. The summed E-state index contributed by atoms with van der Waals surface area (Å²) >= 11 is 0. The molecule has 4 nitrogen and oxygen atoms in total. The smallest absolute Gasteiger partial charge is 0.357 e. The van der Waals surface area contributed by atoms with Crippen molar-refractivity contribution in [1.82, 2.24) is 9.97 Å². The van der Waals surface area contributed by atoms with E-state index in [-0.39, 0.29) is 5.92 Å². The van der Waals surface area contributed by atoms with Crippen LogP contribution in [-0.2, 0) is 4.74 Å². The maximum atomic E-state index is 11.3. The van der Waals surface area contributed by atoms with E-state index in [1.54, 1.807) is 13.0 Å². The molecule has 0 unspecified atom stereocenters. The zero-order chi connectivity index (χ0) is 10.6. The van der Waals surface area contributed by atoms with Gasteiger partial charge in [0.2, 0.25) is 0 Å². The first-order valence-corrected chi connectivity index (χ1v) is 4.64. The minimum absolute atomic E-state index is 0.283. The molecule has 0 fully saturated rings. The van der Waals surface area contributed by atoms with Crippen LogP contribution in [0.4, 0.5) is 0 Å². The fraction of sp³-hybridized carbons (Fsp3) is 0.500. The Bertz CT molecular complexity index is 324. The normalized spacial score (nSPS) is 10.3. The SMILES string of the molecule is CCOC(=O)c1cc(C(C)C)ncn1. The van der Waals surface area contributed by atoms with Crippen LogP contribution in [0.1, 0.15) is 42.9 Å². The molecule has 1 rings (SSSR count). The molecule has 0 N–H and O–H groups in total. The van der Waals surface area contributed by atoms with Crippen molar-refractivity contribution in [2.45, 2.75) is 26.7 Å². The van der Waals surface area contributed by atoms with Gasteiger partial charge in [-0.1, -0.05) is 13.8 Å². The fourth-order valence-electron chi connectivity index (χ4n) is 1.00. The molecule has 0 amide bonds. The first-order valence-electron chi connectivity index (χ1n) is 4.64. The monoisotopic (exact) mass is 194 g/mol. The van der Waals surface area contributed by atoms with Crippen LogP contribution < -0.4 is 0 Å². The van der Waals surface area contributed by atoms with Crippen molar-refractivity contribution >= 4 is 5.97 Å². The predicted molar refractivity (Wildman–Crippen MR) is 52.1 cm³/mol. The Hall–Kier alpha value is -1.45. The van der Waals surface area contributed by atoms with Crippen molar-refractivity contribution in [3.05, 3.63) is 23.8 Å². The van der Waals surface area contributed by atoms with Gasteiger partial charge in [0.1, 0.15) is 6.33 Å². The van der Waals surface area contributed by atoms with Gasteiger partial charge in [-0.15, -0.1) is 0 Å². The van der Waals surface area contributed by atoms with Gasteiger partial charge >= 0.3 is 5.97 Å². The second-order valence-corrected chi connectivity index (χ2v) is 3.20. The summed E-state index contributed by atoms with van der Waals surface area (Å²) in [6.45, 7) is 6.15. The van der Waals surface area contributed by atoms with Crippen molar-refractivity contribution in [3.8, 4) is 0 Å². The molecule has 0 aliphatic rings. The Morgan fingerprint density at radius 2 is 2.21 bits per heavy atom. The van der Waals surface area contributed by atoms with Crippen LogP contribution in [0.5, 0.6) is 0 Å². The Labute approximate surface area is 83.3 Å². The second kappa shape index (κ2) is 4.69. The number of aromatic nitrogens is 2. The molecule has 4 heteroatoms. The van der Waals surface area contributed by atoms with Crippen LogP contribution >= 0.6 is 0 Å². The van der Waals surface area contributed by atoms with Gasteiger partial charge in [-0.3, -0.25) is 0 Å². The Morgan fingerprint density at radius 1 is 1.50 bits per heavy atom. The van der Waals surface area contributed by atoms with Gasteiger partial charge in [-0.2, -0.15) is 0 Å². The molecule has 1 heterocycles. The van der Waals surface area contributed by atoms with Crippen molar-refractivity contribution in [3.63, 3.8) is 0 Å². The lowest BCUT2D eigenvalue weighted by atomic mass is 10.1. The van der Waals surface area contributed by atoms with Crippen LogP contribution in [0.15, 0.2) is 12.4 Å². The molecule has 0 spiro atoms. The number of carbonyl (C=O) groups is 1. The molecule has 1 aromatic rings. The highest BCUT2D eigenvalue weighted by Gasteiger charge is 2.10. The number of hydrogen-bond donors (Lipinski definition) is 0. The van der Waals surface area contributed by atoms with E-state index in [4.69, 9.17) is 4.74 Å². The van der Waals surface area contributed by atoms with E-state index >= 15 is 0 Å². The predicted octanol–water partition coefficient (Wildman–Crippen LogP) is 1.78.